The summed E-state index contributed by atoms with van der Waals surface area (Å²) in [5.74, 6) is -2.09. The summed E-state index contributed by atoms with van der Waals surface area (Å²) in [6.45, 7) is 1.93. The average molecular weight is 345 g/mol. The Hall–Kier alpha value is -3.09. The molecular formula is C18H14F3N3O. The lowest BCUT2D eigenvalue weighted by atomic mass is 10.1. The second-order valence-electron chi connectivity index (χ2n) is 5.48. The van der Waals surface area contributed by atoms with Gasteiger partial charge in [0.1, 0.15) is 5.82 Å². The van der Waals surface area contributed by atoms with Gasteiger partial charge in [-0.2, -0.15) is 18.3 Å². The Morgan fingerprint density at radius 1 is 1.04 bits per heavy atom. The maximum absolute atomic E-state index is 12.6. The van der Waals surface area contributed by atoms with Crippen molar-refractivity contribution in [3.63, 3.8) is 0 Å². The van der Waals surface area contributed by atoms with Crippen LogP contribution in [0, 0.1) is 6.92 Å². The van der Waals surface area contributed by atoms with Gasteiger partial charge in [-0.25, -0.2) is 4.68 Å². The summed E-state index contributed by atoms with van der Waals surface area (Å²) < 4.78 is 39.1. The van der Waals surface area contributed by atoms with E-state index < -0.39 is 12.1 Å². The molecule has 0 bridgehead atoms. The molecule has 7 heteroatoms. The predicted octanol–water partition coefficient (Wildman–Crippen LogP) is 4.35. The number of nitrogens with one attached hydrogen (secondary N) is 1. The number of hydrogen-bond donors (Lipinski definition) is 1. The molecule has 3 aromatic rings. The third-order valence-corrected chi connectivity index (χ3v) is 3.56. The molecule has 0 fully saturated rings. The van der Waals surface area contributed by atoms with Crippen LogP contribution in [0.1, 0.15) is 5.56 Å². The van der Waals surface area contributed by atoms with E-state index in [1.807, 2.05) is 36.5 Å². The molecule has 0 spiro atoms. The first-order valence-corrected chi connectivity index (χ1v) is 7.45. The third kappa shape index (κ3) is 3.71. The summed E-state index contributed by atoms with van der Waals surface area (Å²) >= 11 is 0. The number of halogens is 3. The van der Waals surface area contributed by atoms with E-state index in [4.69, 9.17) is 0 Å². The van der Waals surface area contributed by atoms with Gasteiger partial charge in [0.2, 0.25) is 0 Å². The highest BCUT2D eigenvalue weighted by molar-refractivity contribution is 5.95. The van der Waals surface area contributed by atoms with Crippen LogP contribution in [0.5, 0.6) is 0 Å². The lowest BCUT2D eigenvalue weighted by Gasteiger charge is -2.10. The number of benzene rings is 2. The lowest BCUT2D eigenvalue weighted by molar-refractivity contribution is -0.167. The van der Waals surface area contributed by atoms with Crippen molar-refractivity contribution in [1.82, 2.24) is 9.78 Å². The summed E-state index contributed by atoms with van der Waals surface area (Å²) in [4.78, 5) is 11.3. The largest absolute Gasteiger partial charge is 0.471 e. The number of carbonyl (C=O) groups is 1. The van der Waals surface area contributed by atoms with Crippen molar-refractivity contribution in [2.45, 2.75) is 13.1 Å². The van der Waals surface area contributed by atoms with Gasteiger partial charge in [-0.05, 0) is 19.1 Å². The van der Waals surface area contributed by atoms with E-state index in [0.29, 0.717) is 11.4 Å². The van der Waals surface area contributed by atoms with Crippen LogP contribution in [0.15, 0.2) is 60.7 Å². The number of hydrogen-bond acceptors (Lipinski definition) is 2. The normalized spacial score (nSPS) is 11.4. The quantitative estimate of drug-likeness (QED) is 0.767. The molecule has 1 N–H and O–H groups in total. The van der Waals surface area contributed by atoms with Crippen molar-refractivity contribution in [1.29, 1.82) is 0 Å². The van der Waals surface area contributed by atoms with Gasteiger partial charge >= 0.3 is 12.1 Å². The molecule has 0 radical (unpaired) electrons. The highest BCUT2D eigenvalue weighted by atomic mass is 19.4. The van der Waals surface area contributed by atoms with Crippen molar-refractivity contribution >= 4 is 11.7 Å². The molecule has 0 aliphatic rings. The Kier molecular flexibility index (Phi) is 4.31. The van der Waals surface area contributed by atoms with Crippen LogP contribution in [0.4, 0.5) is 19.0 Å². The van der Waals surface area contributed by atoms with Gasteiger partial charge in [0.15, 0.2) is 0 Å². The molecule has 0 saturated carbocycles. The maximum atomic E-state index is 12.6. The van der Waals surface area contributed by atoms with E-state index in [1.165, 1.54) is 10.7 Å². The standard InChI is InChI=1S/C18H14F3N3O/c1-12-7-9-13(10-8-12)15-11-16(22-17(25)18(19,20)21)24(23-15)14-5-3-2-4-6-14/h2-11H,1H3,(H,22,25). The number of rotatable bonds is 3. The second kappa shape index (κ2) is 6.43. The van der Waals surface area contributed by atoms with Gasteiger partial charge < -0.3 is 5.32 Å². The van der Waals surface area contributed by atoms with E-state index in [-0.39, 0.29) is 5.82 Å². The first kappa shape index (κ1) is 16.8. The zero-order valence-electron chi connectivity index (χ0n) is 13.2. The number of para-hydroxylation sites is 1. The van der Waals surface area contributed by atoms with E-state index in [2.05, 4.69) is 5.10 Å². The number of nitrogens with zero attached hydrogens (tertiary/aromatic N) is 2. The molecule has 1 amide bonds. The summed E-state index contributed by atoms with van der Waals surface area (Å²) in [5.41, 5.74) is 2.79. The Morgan fingerprint density at radius 2 is 1.68 bits per heavy atom. The topological polar surface area (TPSA) is 46.9 Å². The molecule has 0 unspecified atom stereocenters. The Bertz CT molecular complexity index is 884. The number of alkyl halides is 3. The van der Waals surface area contributed by atoms with Crippen molar-refractivity contribution < 1.29 is 18.0 Å². The van der Waals surface area contributed by atoms with E-state index >= 15 is 0 Å². The number of carbonyl (C=O) groups excluding carboxylic acids is 1. The van der Waals surface area contributed by atoms with Crippen molar-refractivity contribution in [3.8, 4) is 16.9 Å². The van der Waals surface area contributed by atoms with Gasteiger partial charge in [-0.15, -0.1) is 0 Å². The fourth-order valence-electron chi connectivity index (χ4n) is 2.29. The Morgan fingerprint density at radius 3 is 2.28 bits per heavy atom. The number of aromatic nitrogens is 2. The highest BCUT2D eigenvalue weighted by Crippen LogP contribution is 2.26. The molecule has 1 aromatic heterocycles. The third-order valence-electron chi connectivity index (χ3n) is 3.56. The first-order valence-electron chi connectivity index (χ1n) is 7.45. The lowest BCUT2D eigenvalue weighted by Crippen LogP contribution is -2.30. The minimum absolute atomic E-state index is 0.0518. The number of amides is 1. The van der Waals surface area contributed by atoms with Gasteiger partial charge in [-0.1, -0.05) is 48.0 Å². The van der Waals surface area contributed by atoms with Crippen LogP contribution in [0.2, 0.25) is 0 Å². The average Bonchev–Trinajstić information content (AvgIpc) is 2.99. The molecule has 0 aliphatic carbocycles. The predicted molar refractivity (Wildman–Crippen MR) is 88.4 cm³/mol. The van der Waals surface area contributed by atoms with Gasteiger partial charge in [-0.3, -0.25) is 4.79 Å². The molecule has 0 saturated heterocycles. The Labute approximate surface area is 141 Å². The van der Waals surface area contributed by atoms with Gasteiger partial charge in [0, 0.05) is 11.6 Å². The van der Waals surface area contributed by atoms with Crippen molar-refractivity contribution in [3.05, 3.63) is 66.2 Å². The Balaban J connectivity index is 2.05. The smallest absolute Gasteiger partial charge is 0.303 e. The molecule has 128 valence electrons. The second-order valence-corrected chi connectivity index (χ2v) is 5.48. The van der Waals surface area contributed by atoms with Gasteiger partial charge in [0.05, 0.1) is 11.4 Å². The zero-order valence-corrected chi connectivity index (χ0v) is 13.2. The van der Waals surface area contributed by atoms with Crippen LogP contribution in [0.3, 0.4) is 0 Å². The SMILES string of the molecule is Cc1ccc(-c2cc(NC(=O)C(F)(F)F)n(-c3ccccc3)n2)cc1. The minimum atomic E-state index is -4.98. The highest BCUT2D eigenvalue weighted by Gasteiger charge is 2.39. The molecule has 25 heavy (non-hydrogen) atoms. The molecule has 4 nitrogen and oxygen atoms in total. The molecule has 2 aromatic carbocycles. The van der Waals surface area contributed by atoms with E-state index in [9.17, 15) is 18.0 Å². The monoisotopic (exact) mass is 345 g/mol. The summed E-state index contributed by atoms with van der Waals surface area (Å²) in [6, 6.07) is 17.4. The molecule has 0 atom stereocenters. The molecule has 3 rings (SSSR count). The van der Waals surface area contributed by atoms with Crippen LogP contribution < -0.4 is 5.32 Å². The first-order chi connectivity index (χ1) is 11.8. The zero-order chi connectivity index (χ0) is 18.0. The molecule has 1 heterocycles. The van der Waals surface area contributed by atoms with Crippen molar-refractivity contribution in [2.75, 3.05) is 5.32 Å². The number of aryl methyl sites for hydroxylation is 1. The fraction of sp³-hybridized carbons (Fsp3) is 0.111. The van der Waals surface area contributed by atoms with Crippen LogP contribution in [-0.4, -0.2) is 21.9 Å². The summed E-state index contributed by atoms with van der Waals surface area (Å²) in [6.07, 6.45) is -4.98. The fourth-order valence-corrected chi connectivity index (χ4v) is 2.29. The summed E-state index contributed by atoms with van der Waals surface area (Å²) in [5, 5.41) is 6.24. The van der Waals surface area contributed by atoms with Crippen LogP contribution in [0.25, 0.3) is 16.9 Å². The van der Waals surface area contributed by atoms with E-state index in [0.717, 1.165) is 11.1 Å². The van der Waals surface area contributed by atoms with Crippen LogP contribution in [-0.2, 0) is 4.79 Å². The van der Waals surface area contributed by atoms with E-state index in [1.54, 1.807) is 30.3 Å². The summed E-state index contributed by atoms with van der Waals surface area (Å²) in [7, 11) is 0. The van der Waals surface area contributed by atoms with Crippen molar-refractivity contribution in [2.24, 2.45) is 0 Å². The maximum Gasteiger partial charge on any atom is 0.471 e. The molecular weight excluding hydrogens is 331 g/mol. The molecule has 0 aliphatic heterocycles. The minimum Gasteiger partial charge on any atom is -0.303 e. The number of anilines is 1. The van der Waals surface area contributed by atoms with Crippen LogP contribution >= 0.6 is 0 Å². The van der Waals surface area contributed by atoms with Gasteiger partial charge in [0.25, 0.3) is 0 Å².